The van der Waals surface area contributed by atoms with Crippen molar-refractivity contribution in [3.05, 3.63) is 0 Å². The van der Waals surface area contributed by atoms with Crippen LogP contribution in [0, 0.1) is 11.8 Å². The van der Waals surface area contributed by atoms with E-state index in [9.17, 15) is 43.2 Å². The molecule has 2 unspecified atom stereocenters. The van der Waals surface area contributed by atoms with Crippen molar-refractivity contribution in [1.29, 1.82) is 0 Å². The van der Waals surface area contributed by atoms with Crippen LogP contribution in [0.15, 0.2) is 0 Å². The van der Waals surface area contributed by atoms with Crippen LogP contribution in [0.1, 0.15) is 414 Å². The lowest BCUT2D eigenvalue weighted by Gasteiger charge is -2.21. The van der Waals surface area contributed by atoms with E-state index in [1.54, 1.807) is 0 Å². The molecule has 5 atom stereocenters. The van der Waals surface area contributed by atoms with Crippen LogP contribution in [0.5, 0.6) is 0 Å². The van der Waals surface area contributed by atoms with Gasteiger partial charge in [0.15, 0.2) is 12.2 Å². The molecule has 0 saturated carbocycles. The van der Waals surface area contributed by atoms with Crippen LogP contribution < -0.4 is 0 Å². The van der Waals surface area contributed by atoms with E-state index in [0.717, 1.165) is 102 Å². The molecule has 0 bridgehead atoms. The predicted molar refractivity (Wildman–Crippen MR) is 400 cm³/mol. The van der Waals surface area contributed by atoms with Crippen molar-refractivity contribution in [3.8, 4) is 0 Å². The molecule has 0 fully saturated rings. The molecular formula is C79H154O17P2. The first-order chi connectivity index (χ1) is 47.4. The zero-order valence-corrected chi connectivity index (χ0v) is 65.9. The number of hydrogen-bond donors (Lipinski definition) is 3. The van der Waals surface area contributed by atoms with E-state index in [-0.39, 0.29) is 25.7 Å². The number of carbonyl (C=O) groups is 4. The van der Waals surface area contributed by atoms with Crippen LogP contribution in [0.4, 0.5) is 0 Å². The van der Waals surface area contributed by atoms with E-state index in [0.29, 0.717) is 25.7 Å². The summed E-state index contributed by atoms with van der Waals surface area (Å²) < 4.78 is 68.6. The number of rotatable bonds is 78. The van der Waals surface area contributed by atoms with E-state index >= 15 is 0 Å². The minimum atomic E-state index is -4.96. The maximum Gasteiger partial charge on any atom is 0.472 e. The van der Waals surface area contributed by atoms with Crippen LogP contribution in [-0.4, -0.2) is 96.7 Å². The maximum absolute atomic E-state index is 13.1. The van der Waals surface area contributed by atoms with Gasteiger partial charge in [0.2, 0.25) is 0 Å². The molecule has 582 valence electrons. The van der Waals surface area contributed by atoms with E-state index in [1.807, 2.05) is 0 Å². The zero-order valence-electron chi connectivity index (χ0n) is 64.1. The summed E-state index contributed by atoms with van der Waals surface area (Å²) in [6.45, 7) is 9.62. The molecule has 0 saturated heterocycles. The molecule has 0 rings (SSSR count). The van der Waals surface area contributed by atoms with Gasteiger partial charge in [0.05, 0.1) is 26.4 Å². The quantitative estimate of drug-likeness (QED) is 0.0222. The Balaban J connectivity index is 5.21. The lowest BCUT2D eigenvalue weighted by molar-refractivity contribution is -0.161. The fourth-order valence-electron chi connectivity index (χ4n) is 12.2. The largest absolute Gasteiger partial charge is 0.472 e. The second-order valence-corrected chi connectivity index (χ2v) is 32.3. The second kappa shape index (κ2) is 70.7. The molecule has 3 N–H and O–H groups in total. The van der Waals surface area contributed by atoms with E-state index in [1.165, 1.54) is 231 Å². The van der Waals surface area contributed by atoms with E-state index in [2.05, 4.69) is 41.5 Å². The Labute approximate surface area is 600 Å². The molecule has 17 nitrogen and oxygen atoms in total. The highest BCUT2D eigenvalue weighted by atomic mass is 31.2. The van der Waals surface area contributed by atoms with Crippen molar-refractivity contribution in [1.82, 2.24) is 0 Å². The summed E-state index contributed by atoms with van der Waals surface area (Å²) in [5.41, 5.74) is 0. The summed E-state index contributed by atoms with van der Waals surface area (Å²) in [7, 11) is -9.91. The minimum Gasteiger partial charge on any atom is -0.462 e. The van der Waals surface area contributed by atoms with Crippen molar-refractivity contribution in [3.63, 3.8) is 0 Å². The number of unbranched alkanes of at least 4 members (excludes halogenated alkanes) is 48. The third-order valence-corrected chi connectivity index (χ3v) is 20.4. The minimum absolute atomic E-state index is 0.107. The predicted octanol–water partition coefficient (Wildman–Crippen LogP) is 23.5. The third-order valence-electron chi connectivity index (χ3n) is 18.5. The van der Waals surface area contributed by atoms with Gasteiger partial charge in [0.1, 0.15) is 19.3 Å². The van der Waals surface area contributed by atoms with Gasteiger partial charge in [-0.1, -0.05) is 363 Å². The van der Waals surface area contributed by atoms with E-state index in [4.69, 9.17) is 37.0 Å². The van der Waals surface area contributed by atoms with Crippen LogP contribution >= 0.6 is 15.6 Å². The number of aliphatic hydroxyl groups excluding tert-OH is 1. The fraction of sp³-hybridized carbons (Fsp3) is 0.949. The van der Waals surface area contributed by atoms with Crippen LogP contribution in [0.3, 0.4) is 0 Å². The Hall–Kier alpha value is -1.94. The summed E-state index contributed by atoms with van der Waals surface area (Å²) in [6.07, 6.45) is 59.6. The average Bonchev–Trinajstić information content (AvgIpc) is 1.18. The normalized spacial score (nSPS) is 13.9. The monoisotopic (exact) mass is 1440 g/mol. The molecule has 0 radical (unpaired) electrons. The summed E-state index contributed by atoms with van der Waals surface area (Å²) in [4.78, 5) is 72.9. The highest BCUT2D eigenvalue weighted by Crippen LogP contribution is 2.45. The van der Waals surface area contributed by atoms with Gasteiger partial charge >= 0.3 is 39.5 Å². The molecule has 0 aliphatic heterocycles. The molecule has 0 heterocycles. The number of phosphoric acid groups is 2. The first kappa shape index (κ1) is 96.1. The van der Waals surface area contributed by atoms with Crippen molar-refractivity contribution in [2.24, 2.45) is 11.8 Å². The molecule has 19 heteroatoms. The zero-order chi connectivity index (χ0) is 72.1. The summed E-state index contributed by atoms with van der Waals surface area (Å²) in [5.74, 6) is -0.563. The number of hydrogen-bond acceptors (Lipinski definition) is 15. The van der Waals surface area contributed by atoms with Gasteiger partial charge in [-0.15, -0.1) is 0 Å². The van der Waals surface area contributed by atoms with Gasteiger partial charge in [-0.3, -0.25) is 37.3 Å². The Morgan fingerprint density at radius 2 is 0.469 bits per heavy atom. The number of ether oxygens (including phenoxy) is 4. The van der Waals surface area contributed by atoms with Gasteiger partial charge < -0.3 is 33.8 Å². The Morgan fingerprint density at radius 1 is 0.276 bits per heavy atom. The molecule has 0 spiro atoms. The van der Waals surface area contributed by atoms with Gasteiger partial charge in [-0.25, -0.2) is 9.13 Å². The van der Waals surface area contributed by atoms with Gasteiger partial charge in [-0.2, -0.15) is 0 Å². The molecule has 0 aromatic rings. The summed E-state index contributed by atoms with van der Waals surface area (Å²) >= 11 is 0. The Kier molecular flexibility index (Phi) is 69.3. The first-order valence-electron chi connectivity index (χ1n) is 41.0. The highest BCUT2D eigenvalue weighted by Gasteiger charge is 2.30. The first-order valence-corrected chi connectivity index (χ1v) is 44.0. The number of aliphatic hydroxyl groups is 1. The topological polar surface area (TPSA) is 237 Å². The SMILES string of the molecule is CCCCCCCCCCCCCCCCC(=O)OC[C@H](COP(=O)(O)OC[C@@H](O)COP(=O)(O)OC[C@@H](COC(=O)CCCCCCCCCCC(C)C)OC(=O)CCCCCCCCCCCCCC)OC(=O)CCCCCCCCCCCCCCCCCCCCC(C)C. The maximum atomic E-state index is 13.1. The van der Waals surface area contributed by atoms with E-state index < -0.39 is 97.5 Å². The molecule has 98 heavy (non-hydrogen) atoms. The highest BCUT2D eigenvalue weighted by molar-refractivity contribution is 7.47. The van der Waals surface area contributed by atoms with Crippen molar-refractivity contribution < 1.29 is 80.2 Å². The molecule has 0 amide bonds. The van der Waals surface area contributed by atoms with Gasteiger partial charge in [0.25, 0.3) is 0 Å². The molecular weight excluding hydrogens is 1280 g/mol. The summed E-state index contributed by atoms with van der Waals surface area (Å²) in [6, 6.07) is 0. The van der Waals surface area contributed by atoms with Crippen molar-refractivity contribution >= 4 is 39.5 Å². The Morgan fingerprint density at radius 3 is 0.694 bits per heavy atom. The lowest BCUT2D eigenvalue weighted by atomic mass is 10.0. The fourth-order valence-corrected chi connectivity index (χ4v) is 13.8. The number of phosphoric ester groups is 2. The molecule has 0 aromatic heterocycles. The smallest absolute Gasteiger partial charge is 0.462 e. The van der Waals surface area contributed by atoms with Crippen LogP contribution in [0.25, 0.3) is 0 Å². The number of carbonyl (C=O) groups excluding carboxylic acids is 4. The second-order valence-electron chi connectivity index (χ2n) is 29.4. The number of esters is 4. The van der Waals surface area contributed by atoms with Gasteiger partial charge in [0, 0.05) is 25.7 Å². The molecule has 0 aromatic carbocycles. The third kappa shape index (κ3) is 72.4. The van der Waals surface area contributed by atoms with Gasteiger partial charge in [-0.05, 0) is 37.5 Å². The standard InChI is InChI=1S/C79H154O17P2/c1-7-9-11-13-15-17-19-21-29-33-36-43-49-55-61-76(81)89-67-74(95-79(84)64-58-52-46-38-34-30-27-25-23-22-24-26-28-31-35-41-47-53-59-71(3)4)69-93-97(85,86)91-65-73(80)66-92-98(87,88)94-70-75(68-90-77(82)62-56-50-44-40-39-42-48-54-60-72(5)6)96-78(83)63-57-51-45-37-32-20-18-16-14-12-10-8-2/h71-75,80H,7-70H2,1-6H3,(H,85,86)(H,87,88)/t73-,74-,75-/m1/s1. The average molecular weight is 1440 g/mol. The van der Waals surface area contributed by atoms with Crippen molar-refractivity contribution in [2.45, 2.75) is 432 Å². The lowest BCUT2D eigenvalue weighted by Crippen LogP contribution is -2.30. The van der Waals surface area contributed by atoms with Crippen LogP contribution in [0.2, 0.25) is 0 Å². The van der Waals surface area contributed by atoms with Crippen molar-refractivity contribution in [2.75, 3.05) is 39.6 Å². The Bertz CT molecular complexity index is 1890. The molecule has 0 aliphatic carbocycles. The summed E-state index contributed by atoms with van der Waals surface area (Å²) in [5, 5.41) is 10.6. The molecule has 0 aliphatic rings. The van der Waals surface area contributed by atoms with Crippen LogP contribution in [-0.2, 0) is 65.4 Å².